The highest BCUT2D eigenvalue weighted by atomic mass is 19.1. The normalized spacial score (nSPS) is 12.3. The molecule has 0 bridgehead atoms. The standard InChI is InChI=1S/C27H24F2N4O/c1-16-13-32(15-31-16)25-8-7-19(12-26(25)34-4)22-14-33(27-21(22)6-5-9-30-27)18(3)20-10-23(28)17(2)24(29)11-20/h5-15,18H,1-4H3. The topological polar surface area (TPSA) is 44.9 Å². The molecule has 0 amide bonds. The van der Waals surface area contributed by atoms with Gasteiger partial charge in [-0.3, -0.25) is 0 Å². The number of hydrogen-bond acceptors (Lipinski definition) is 3. The monoisotopic (exact) mass is 458 g/mol. The van der Waals surface area contributed by atoms with Gasteiger partial charge in [0.15, 0.2) is 0 Å². The number of benzene rings is 2. The van der Waals surface area contributed by atoms with E-state index in [1.165, 1.54) is 19.1 Å². The van der Waals surface area contributed by atoms with Gasteiger partial charge in [-0.25, -0.2) is 18.7 Å². The van der Waals surface area contributed by atoms with E-state index in [0.717, 1.165) is 33.5 Å². The maximum absolute atomic E-state index is 14.3. The fourth-order valence-electron chi connectivity index (χ4n) is 4.29. The first kappa shape index (κ1) is 21.8. The van der Waals surface area contributed by atoms with E-state index in [1.54, 1.807) is 19.6 Å². The molecule has 5 nitrogen and oxygen atoms in total. The van der Waals surface area contributed by atoms with Crippen LogP contribution in [0.25, 0.3) is 27.8 Å². The van der Waals surface area contributed by atoms with Gasteiger partial charge in [0.2, 0.25) is 0 Å². The van der Waals surface area contributed by atoms with Gasteiger partial charge in [-0.15, -0.1) is 0 Å². The fraction of sp³-hybridized carbons (Fsp3) is 0.185. The second kappa shape index (κ2) is 8.41. The van der Waals surface area contributed by atoms with Crippen molar-refractivity contribution in [2.24, 2.45) is 0 Å². The number of rotatable bonds is 5. The fourth-order valence-corrected chi connectivity index (χ4v) is 4.29. The van der Waals surface area contributed by atoms with Crippen molar-refractivity contribution in [3.05, 3.63) is 95.8 Å². The Bertz CT molecular complexity index is 1500. The molecule has 0 aliphatic carbocycles. The maximum atomic E-state index is 14.3. The van der Waals surface area contributed by atoms with Gasteiger partial charge in [-0.05, 0) is 68.3 Å². The molecular weight excluding hydrogens is 434 g/mol. The van der Waals surface area contributed by atoms with Crippen LogP contribution in [0.4, 0.5) is 8.78 Å². The Morgan fingerprint density at radius 2 is 1.74 bits per heavy atom. The van der Waals surface area contributed by atoms with E-state index < -0.39 is 11.6 Å². The minimum Gasteiger partial charge on any atom is -0.495 e. The lowest BCUT2D eigenvalue weighted by atomic mass is 10.0. The van der Waals surface area contributed by atoms with E-state index in [4.69, 9.17) is 4.74 Å². The molecule has 7 heteroatoms. The van der Waals surface area contributed by atoms with E-state index in [2.05, 4.69) is 9.97 Å². The largest absolute Gasteiger partial charge is 0.495 e. The lowest BCUT2D eigenvalue weighted by Crippen LogP contribution is -2.08. The van der Waals surface area contributed by atoms with Crippen molar-refractivity contribution in [1.82, 2.24) is 19.1 Å². The highest BCUT2D eigenvalue weighted by Gasteiger charge is 2.19. The second-order valence-corrected chi connectivity index (χ2v) is 8.42. The summed E-state index contributed by atoms with van der Waals surface area (Å²) in [6.45, 7) is 5.28. The number of pyridine rings is 1. The predicted molar refractivity (Wildman–Crippen MR) is 128 cm³/mol. The van der Waals surface area contributed by atoms with Crippen molar-refractivity contribution < 1.29 is 13.5 Å². The van der Waals surface area contributed by atoms with Crippen molar-refractivity contribution in [2.45, 2.75) is 26.8 Å². The van der Waals surface area contributed by atoms with Crippen LogP contribution in [0.5, 0.6) is 5.75 Å². The van der Waals surface area contributed by atoms with Crippen LogP contribution in [0.15, 0.2) is 67.4 Å². The maximum Gasteiger partial charge on any atom is 0.143 e. The van der Waals surface area contributed by atoms with Crippen LogP contribution in [-0.2, 0) is 0 Å². The van der Waals surface area contributed by atoms with Crippen LogP contribution in [-0.4, -0.2) is 26.2 Å². The summed E-state index contributed by atoms with van der Waals surface area (Å²) in [4.78, 5) is 8.88. The number of imidazole rings is 1. The summed E-state index contributed by atoms with van der Waals surface area (Å²) in [6.07, 6.45) is 7.39. The summed E-state index contributed by atoms with van der Waals surface area (Å²) in [7, 11) is 1.64. The summed E-state index contributed by atoms with van der Waals surface area (Å²) >= 11 is 0. The van der Waals surface area contributed by atoms with Crippen LogP contribution in [0.1, 0.15) is 29.8 Å². The smallest absolute Gasteiger partial charge is 0.143 e. The van der Waals surface area contributed by atoms with Gasteiger partial charge in [0, 0.05) is 35.1 Å². The zero-order chi connectivity index (χ0) is 24.0. The van der Waals surface area contributed by atoms with Gasteiger partial charge in [-0.2, -0.15) is 0 Å². The lowest BCUT2D eigenvalue weighted by Gasteiger charge is -2.16. The molecule has 0 aliphatic heterocycles. The summed E-state index contributed by atoms with van der Waals surface area (Å²) in [5.41, 5.74) is 4.99. The first-order chi connectivity index (χ1) is 16.4. The predicted octanol–water partition coefficient (Wildman–Crippen LogP) is 6.40. The minimum absolute atomic E-state index is 0.0207. The third-order valence-electron chi connectivity index (χ3n) is 6.27. The number of methoxy groups -OCH3 is 1. The second-order valence-electron chi connectivity index (χ2n) is 8.42. The van der Waals surface area contributed by atoms with Crippen molar-refractivity contribution in [2.75, 3.05) is 7.11 Å². The molecule has 2 aromatic carbocycles. The van der Waals surface area contributed by atoms with Crippen molar-refractivity contribution in [3.8, 4) is 22.6 Å². The molecule has 1 unspecified atom stereocenters. The van der Waals surface area contributed by atoms with Crippen LogP contribution >= 0.6 is 0 Å². The van der Waals surface area contributed by atoms with E-state index in [-0.39, 0.29) is 11.6 Å². The molecule has 1 atom stereocenters. The molecule has 0 radical (unpaired) electrons. The van der Waals surface area contributed by atoms with Gasteiger partial charge >= 0.3 is 0 Å². The first-order valence-corrected chi connectivity index (χ1v) is 11.0. The number of nitrogens with zero attached hydrogens (tertiary/aromatic N) is 4. The molecule has 0 saturated heterocycles. The Hall–Kier alpha value is -4.00. The van der Waals surface area contributed by atoms with Gasteiger partial charge in [0.25, 0.3) is 0 Å². The summed E-state index contributed by atoms with van der Waals surface area (Å²) in [6, 6.07) is 12.3. The number of ether oxygens (including phenoxy) is 1. The van der Waals surface area contributed by atoms with Crippen LogP contribution in [0.2, 0.25) is 0 Å². The number of hydrogen-bond donors (Lipinski definition) is 0. The Labute approximate surface area is 196 Å². The summed E-state index contributed by atoms with van der Waals surface area (Å²) in [5.74, 6) is -0.404. The molecule has 3 aromatic heterocycles. The first-order valence-electron chi connectivity index (χ1n) is 11.0. The molecule has 3 heterocycles. The summed E-state index contributed by atoms with van der Waals surface area (Å²) < 4.78 is 38.1. The molecule has 0 spiro atoms. The zero-order valence-electron chi connectivity index (χ0n) is 19.4. The average molecular weight is 459 g/mol. The van der Waals surface area contributed by atoms with Gasteiger partial charge in [0.1, 0.15) is 23.0 Å². The Morgan fingerprint density at radius 1 is 0.971 bits per heavy atom. The van der Waals surface area contributed by atoms with Gasteiger partial charge in [0.05, 0.1) is 30.9 Å². The van der Waals surface area contributed by atoms with Crippen molar-refractivity contribution in [3.63, 3.8) is 0 Å². The van der Waals surface area contributed by atoms with E-state index in [9.17, 15) is 8.78 Å². The molecule has 0 fully saturated rings. The molecule has 0 saturated carbocycles. The lowest BCUT2D eigenvalue weighted by molar-refractivity contribution is 0.413. The Balaban J connectivity index is 1.64. The van der Waals surface area contributed by atoms with Crippen molar-refractivity contribution in [1.29, 1.82) is 0 Å². The highest BCUT2D eigenvalue weighted by molar-refractivity contribution is 5.94. The van der Waals surface area contributed by atoms with Crippen LogP contribution in [0.3, 0.4) is 0 Å². The SMILES string of the molecule is COc1cc(-c2cn(C(C)c3cc(F)c(C)c(F)c3)c3ncccc23)ccc1-n1cnc(C)c1. The Kier molecular flexibility index (Phi) is 5.40. The summed E-state index contributed by atoms with van der Waals surface area (Å²) in [5, 5.41) is 0.940. The zero-order valence-corrected chi connectivity index (χ0v) is 19.4. The van der Waals surface area contributed by atoms with Gasteiger partial charge < -0.3 is 13.9 Å². The molecule has 0 N–H and O–H groups in total. The third-order valence-corrected chi connectivity index (χ3v) is 6.27. The van der Waals surface area contributed by atoms with E-state index >= 15 is 0 Å². The molecule has 34 heavy (non-hydrogen) atoms. The van der Waals surface area contributed by atoms with E-state index in [0.29, 0.717) is 11.3 Å². The van der Waals surface area contributed by atoms with Crippen molar-refractivity contribution >= 4 is 11.0 Å². The third kappa shape index (κ3) is 3.63. The van der Waals surface area contributed by atoms with E-state index in [1.807, 2.05) is 65.7 Å². The molecule has 5 aromatic rings. The number of aryl methyl sites for hydroxylation is 1. The molecule has 172 valence electrons. The van der Waals surface area contributed by atoms with Crippen LogP contribution < -0.4 is 4.74 Å². The number of fused-ring (bicyclic) bond motifs is 1. The quantitative estimate of drug-likeness (QED) is 0.306. The molecule has 5 rings (SSSR count). The average Bonchev–Trinajstić information content (AvgIpc) is 3.45. The van der Waals surface area contributed by atoms with Crippen LogP contribution in [0, 0.1) is 25.5 Å². The highest BCUT2D eigenvalue weighted by Crippen LogP contribution is 2.36. The number of aromatic nitrogens is 4. The number of halogens is 2. The van der Waals surface area contributed by atoms with Gasteiger partial charge in [-0.1, -0.05) is 6.07 Å². The molecule has 0 aliphatic rings. The Morgan fingerprint density at radius 3 is 2.41 bits per heavy atom. The molecular formula is C27H24F2N4O. The minimum atomic E-state index is -0.554.